The van der Waals surface area contributed by atoms with Crippen molar-refractivity contribution in [1.29, 1.82) is 0 Å². The van der Waals surface area contributed by atoms with Crippen LogP contribution in [0.5, 0.6) is 0 Å². The minimum Gasteiger partial charge on any atom is -0.326 e. The summed E-state index contributed by atoms with van der Waals surface area (Å²) in [4.78, 5) is 12.4. The maximum Gasteiger partial charge on any atom is 0.227 e. The zero-order valence-electron chi connectivity index (χ0n) is 11.0. The Hall–Kier alpha value is -1.31. The lowest BCUT2D eigenvalue weighted by molar-refractivity contribution is -0.121. The van der Waals surface area contributed by atoms with Crippen LogP contribution in [0.2, 0.25) is 0 Å². The van der Waals surface area contributed by atoms with Crippen LogP contribution in [0.15, 0.2) is 24.3 Å². The fraction of sp³-hybridized carbons (Fsp3) is 0.562. The van der Waals surface area contributed by atoms with E-state index in [1.54, 1.807) is 0 Å². The maximum atomic E-state index is 12.4. The summed E-state index contributed by atoms with van der Waals surface area (Å²) in [5, 5.41) is 3.15. The molecule has 18 heavy (non-hydrogen) atoms. The highest BCUT2D eigenvalue weighted by Crippen LogP contribution is 2.48. The Kier molecular flexibility index (Phi) is 3.11. The Bertz CT molecular complexity index is 454. The number of nitrogens with one attached hydrogen (secondary N) is 1. The average Bonchev–Trinajstić information content (AvgIpc) is 3.01. The lowest BCUT2D eigenvalue weighted by Crippen LogP contribution is -2.27. The van der Waals surface area contributed by atoms with E-state index in [0.717, 1.165) is 24.4 Å². The molecule has 0 saturated heterocycles. The fourth-order valence-electron chi connectivity index (χ4n) is 3.74. The second-order valence-electron chi connectivity index (χ2n) is 5.78. The van der Waals surface area contributed by atoms with Crippen molar-refractivity contribution in [2.45, 2.75) is 39.0 Å². The first-order valence-corrected chi connectivity index (χ1v) is 7.16. The molecule has 0 aromatic heterocycles. The van der Waals surface area contributed by atoms with Crippen LogP contribution in [0, 0.1) is 17.8 Å². The molecule has 2 nitrogen and oxygen atoms in total. The molecular weight excluding hydrogens is 222 g/mol. The van der Waals surface area contributed by atoms with Gasteiger partial charge in [0.15, 0.2) is 0 Å². The lowest BCUT2D eigenvalue weighted by Gasteiger charge is -2.21. The van der Waals surface area contributed by atoms with Gasteiger partial charge in [-0.1, -0.05) is 31.5 Å². The molecule has 0 aliphatic heterocycles. The van der Waals surface area contributed by atoms with E-state index in [-0.39, 0.29) is 11.8 Å². The number of para-hydroxylation sites is 1. The molecule has 2 heteroatoms. The Balaban J connectivity index is 1.71. The fourth-order valence-corrected chi connectivity index (χ4v) is 3.74. The monoisotopic (exact) mass is 243 g/mol. The third-order valence-corrected chi connectivity index (χ3v) is 4.73. The summed E-state index contributed by atoms with van der Waals surface area (Å²) in [6.07, 6.45) is 5.98. The molecule has 2 aliphatic rings. The number of amides is 1. The number of hydrogen-bond acceptors (Lipinski definition) is 1. The lowest BCUT2D eigenvalue weighted by atomic mass is 9.88. The summed E-state index contributed by atoms with van der Waals surface area (Å²) in [5.74, 6) is 2.01. The van der Waals surface area contributed by atoms with E-state index in [1.165, 1.54) is 24.8 Å². The molecule has 3 atom stereocenters. The Morgan fingerprint density at radius 2 is 2.11 bits per heavy atom. The van der Waals surface area contributed by atoms with Gasteiger partial charge in [0.25, 0.3) is 0 Å². The predicted molar refractivity (Wildman–Crippen MR) is 73.4 cm³/mol. The molecule has 3 rings (SSSR count). The van der Waals surface area contributed by atoms with Gasteiger partial charge in [-0.2, -0.15) is 0 Å². The van der Waals surface area contributed by atoms with Crippen molar-refractivity contribution in [3.8, 4) is 0 Å². The van der Waals surface area contributed by atoms with Gasteiger partial charge in [0, 0.05) is 11.6 Å². The van der Waals surface area contributed by atoms with E-state index in [2.05, 4.69) is 18.3 Å². The van der Waals surface area contributed by atoms with Crippen molar-refractivity contribution in [2.75, 3.05) is 5.32 Å². The Morgan fingerprint density at radius 3 is 2.78 bits per heavy atom. The van der Waals surface area contributed by atoms with E-state index in [4.69, 9.17) is 0 Å². The van der Waals surface area contributed by atoms with Crippen LogP contribution in [0.4, 0.5) is 5.69 Å². The number of fused-ring (bicyclic) bond motifs is 2. The highest BCUT2D eigenvalue weighted by molar-refractivity contribution is 5.93. The summed E-state index contributed by atoms with van der Waals surface area (Å²) in [7, 11) is 0. The minimum absolute atomic E-state index is 0.253. The number of rotatable bonds is 3. The molecule has 1 aromatic carbocycles. The second-order valence-corrected chi connectivity index (χ2v) is 5.78. The van der Waals surface area contributed by atoms with Gasteiger partial charge in [0.1, 0.15) is 0 Å². The molecular formula is C16H21NO. The molecule has 96 valence electrons. The summed E-state index contributed by atoms with van der Waals surface area (Å²) in [5.41, 5.74) is 2.24. The number of carbonyl (C=O) groups is 1. The van der Waals surface area contributed by atoms with Crippen LogP contribution in [0.25, 0.3) is 0 Å². The average molecular weight is 243 g/mol. The van der Waals surface area contributed by atoms with Crippen molar-refractivity contribution in [3.63, 3.8) is 0 Å². The Labute approximate surface area is 109 Å². The molecule has 1 N–H and O–H groups in total. The Morgan fingerprint density at radius 1 is 1.28 bits per heavy atom. The van der Waals surface area contributed by atoms with Gasteiger partial charge in [-0.05, 0) is 49.1 Å². The van der Waals surface area contributed by atoms with E-state index >= 15 is 0 Å². The predicted octanol–water partition coefficient (Wildman–Crippen LogP) is 3.62. The van der Waals surface area contributed by atoms with Crippen molar-refractivity contribution >= 4 is 11.6 Å². The van der Waals surface area contributed by atoms with Crippen LogP contribution in [0.3, 0.4) is 0 Å². The molecule has 1 amide bonds. The highest BCUT2D eigenvalue weighted by atomic mass is 16.1. The first-order valence-electron chi connectivity index (χ1n) is 7.16. The standard InChI is InChI=1S/C16H21NO/c1-2-12-5-3-4-6-15(12)17-16(18)14-10-11-7-8-13(14)9-11/h3-6,11,13-14H,2,7-10H2,1H3,(H,17,18). The summed E-state index contributed by atoms with van der Waals surface area (Å²) < 4.78 is 0. The number of aryl methyl sites for hydroxylation is 1. The van der Waals surface area contributed by atoms with E-state index in [9.17, 15) is 4.79 Å². The van der Waals surface area contributed by atoms with Crippen LogP contribution in [-0.4, -0.2) is 5.91 Å². The molecule has 2 bridgehead atoms. The molecule has 1 aromatic rings. The molecule has 2 aliphatic carbocycles. The SMILES string of the molecule is CCc1ccccc1NC(=O)C1CC2CCC1C2. The first-order chi connectivity index (χ1) is 8.78. The quantitative estimate of drug-likeness (QED) is 0.863. The number of hydrogen-bond donors (Lipinski definition) is 1. The zero-order chi connectivity index (χ0) is 12.5. The minimum atomic E-state index is 0.253. The molecule has 2 fully saturated rings. The van der Waals surface area contributed by atoms with Gasteiger partial charge in [-0.25, -0.2) is 0 Å². The van der Waals surface area contributed by atoms with Crippen LogP contribution < -0.4 is 5.32 Å². The molecule has 0 radical (unpaired) electrons. The van der Waals surface area contributed by atoms with E-state index < -0.39 is 0 Å². The normalized spacial score (nSPS) is 29.5. The van der Waals surface area contributed by atoms with E-state index in [1.807, 2.05) is 18.2 Å². The maximum absolute atomic E-state index is 12.4. The van der Waals surface area contributed by atoms with E-state index in [0.29, 0.717) is 5.92 Å². The van der Waals surface area contributed by atoms with Crippen molar-refractivity contribution in [2.24, 2.45) is 17.8 Å². The number of anilines is 1. The summed E-state index contributed by atoms with van der Waals surface area (Å²) in [6.45, 7) is 2.13. The van der Waals surface area contributed by atoms with Crippen LogP contribution in [0.1, 0.15) is 38.2 Å². The summed E-state index contributed by atoms with van der Waals surface area (Å²) in [6, 6.07) is 8.14. The third-order valence-electron chi connectivity index (χ3n) is 4.73. The molecule has 0 spiro atoms. The zero-order valence-corrected chi connectivity index (χ0v) is 11.0. The van der Waals surface area contributed by atoms with Crippen molar-refractivity contribution in [1.82, 2.24) is 0 Å². The van der Waals surface area contributed by atoms with Gasteiger partial charge < -0.3 is 5.32 Å². The molecule has 3 unspecified atom stereocenters. The topological polar surface area (TPSA) is 29.1 Å². The van der Waals surface area contributed by atoms with Gasteiger partial charge in [-0.15, -0.1) is 0 Å². The summed E-state index contributed by atoms with van der Waals surface area (Å²) >= 11 is 0. The van der Waals surface area contributed by atoms with Gasteiger partial charge in [0.2, 0.25) is 5.91 Å². The van der Waals surface area contributed by atoms with Crippen LogP contribution in [-0.2, 0) is 11.2 Å². The highest BCUT2D eigenvalue weighted by Gasteiger charge is 2.43. The molecule has 0 heterocycles. The van der Waals surface area contributed by atoms with Gasteiger partial charge >= 0.3 is 0 Å². The van der Waals surface area contributed by atoms with Gasteiger partial charge in [-0.3, -0.25) is 4.79 Å². The first kappa shape index (κ1) is 11.8. The van der Waals surface area contributed by atoms with Crippen molar-refractivity contribution < 1.29 is 4.79 Å². The smallest absolute Gasteiger partial charge is 0.227 e. The van der Waals surface area contributed by atoms with Gasteiger partial charge in [0.05, 0.1) is 0 Å². The molecule has 2 saturated carbocycles. The van der Waals surface area contributed by atoms with Crippen molar-refractivity contribution in [3.05, 3.63) is 29.8 Å². The third kappa shape index (κ3) is 2.05. The van der Waals surface area contributed by atoms with Crippen LogP contribution >= 0.6 is 0 Å². The number of benzene rings is 1. The second kappa shape index (κ2) is 4.75. The number of carbonyl (C=O) groups excluding carboxylic acids is 1. The largest absolute Gasteiger partial charge is 0.326 e.